The zero-order valence-electron chi connectivity index (χ0n) is 17.7. The Balaban J connectivity index is 1.62. The maximum absolute atomic E-state index is 11.4. The van der Waals surface area contributed by atoms with Crippen LogP contribution >= 0.6 is 0 Å². The molecule has 0 aliphatic rings. The predicted octanol–water partition coefficient (Wildman–Crippen LogP) is 2.71. The Hall–Kier alpha value is -4.10. The number of aromatic nitrogens is 4. The third kappa shape index (κ3) is 3.59. The van der Waals surface area contributed by atoms with Gasteiger partial charge >= 0.3 is 0 Å². The van der Waals surface area contributed by atoms with Crippen molar-refractivity contribution in [2.45, 2.75) is 13.5 Å². The molecular weight excluding hydrogens is 400 g/mol. The van der Waals surface area contributed by atoms with Gasteiger partial charge in [-0.1, -0.05) is 47.1 Å². The van der Waals surface area contributed by atoms with Crippen LogP contribution < -0.4 is 15.5 Å². The van der Waals surface area contributed by atoms with Gasteiger partial charge in [0.15, 0.2) is 0 Å². The lowest BCUT2D eigenvalue weighted by molar-refractivity contribution is -0.519. The van der Waals surface area contributed by atoms with E-state index in [1.54, 1.807) is 0 Å². The van der Waals surface area contributed by atoms with Crippen LogP contribution in [0.4, 0.5) is 0 Å². The molecule has 158 valence electrons. The lowest BCUT2D eigenvalue weighted by atomic mass is 10.1. The van der Waals surface area contributed by atoms with Crippen LogP contribution in [0.5, 0.6) is 0 Å². The summed E-state index contributed by atoms with van der Waals surface area (Å²) < 4.78 is 4.02. The number of carbonyl (C=O) groups excluding carboxylic acids is 1. The molecule has 2 aromatic carbocycles. The number of nitrogens with two attached hydrogens (primary N) is 1. The molecule has 7 nitrogen and oxygen atoms in total. The Kier molecular flexibility index (Phi) is 5.09. The van der Waals surface area contributed by atoms with Gasteiger partial charge in [0.2, 0.25) is 5.91 Å². The van der Waals surface area contributed by atoms with Gasteiger partial charge in [0, 0.05) is 30.3 Å². The van der Waals surface area contributed by atoms with Crippen LogP contribution in [-0.2, 0) is 11.3 Å². The number of benzene rings is 2. The van der Waals surface area contributed by atoms with E-state index in [0.29, 0.717) is 6.54 Å². The number of nitrogens with one attached hydrogen (secondary N) is 1. The van der Waals surface area contributed by atoms with Gasteiger partial charge < -0.3 is 11.1 Å². The van der Waals surface area contributed by atoms with E-state index in [0.717, 1.165) is 44.8 Å². The van der Waals surface area contributed by atoms with Crippen LogP contribution in [0.25, 0.3) is 33.4 Å². The number of carbonyl (C=O) groups is 1. The minimum absolute atomic E-state index is 0.0139. The van der Waals surface area contributed by atoms with Crippen molar-refractivity contribution in [2.75, 3.05) is 6.54 Å². The lowest BCUT2D eigenvalue weighted by Crippen LogP contribution is -2.29. The summed E-state index contributed by atoms with van der Waals surface area (Å²) in [5, 5.41) is 8.61. The number of hydrogen-bond acceptors (Lipinski definition) is 4. The molecule has 0 spiro atoms. The van der Waals surface area contributed by atoms with Gasteiger partial charge in [0.25, 0.3) is 11.5 Å². The molecule has 0 bridgehead atoms. The summed E-state index contributed by atoms with van der Waals surface area (Å²) in [4.78, 5) is 16.1. The van der Waals surface area contributed by atoms with Crippen LogP contribution in [0.2, 0.25) is 0 Å². The third-order valence-corrected chi connectivity index (χ3v) is 5.53. The third-order valence-electron chi connectivity index (χ3n) is 5.53. The molecule has 0 fully saturated rings. The van der Waals surface area contributed by atoms with Gasteiger partial charge in [-0.15, -0.1) is 0 Å². The van der Waals surface area contributed by atoms with Crippen LogP contribution in [0.1, 0.15) is 11.4 Å². The van der Waals surface area contributed by atoms with Crippen molar-refractivity contribution < 1.29 is 9.20 Å². The van der Waals surface area contributed by atoms with E-state index in [1.807, 2.05) is 72.5 Å². The van der Waals surface area contributed by atoms with Gasteiger partial charge in [-0.05, 0) is 35.4 Å². The zero-order valence-corrected chi connectivity index (χ0v) is 17.7. The summed E-state index contributed by atoms with van der Waals surface area (Å²) in [6, 6.07) is 22.4. The molecule has 0 saturated carbocycles. The fourth-order valence-corrected chi connectivity index (χ4v) is 3.85. The fraction of sp³-hybridized carbons (Fsp3) is 0.120. The van der Waals surface area contributed by atoms with Gasteiger partial charge in [-0.3, -0.25) is 9.78 Å². The first-order chi connectivity index (χ1) is 15.6. The molecule has 5 rings (SSSR count). The summed E-state index contributed by atoms with van der Waals surface area (Å²) in [6.45, 7) is 2.41. The Bertz CT molecular complexity index is 1420. The average molecular weight is 424 g/mol. The first-order valence-corrected chi connectivity index (χ1v) is 10.5. The predicted molar refractivity (Wildman–Crippen MR) is 123 cm³/mol. The average Bonchev–Trinajstić information content (AvgIpc) is 3.20. The Labute approximate surface area is 185 Å². The number of amides is 1. The number of nitrogens with zero attached hydrogens (tertiary/aromatic N) is 4. The van der Waals surface area contributed by atoms with E-state index in [9.17, 15) is 4.79 Å². The first-order valence-electron chi connectivity index (χ1n) is 10.5. The Morgan fingerprint density at radius 2 is 1.84 bits per heavy atom. The van der Waals surface area contributed by atoms with Crippen LogP contribution in [0.3, 0.4) is 0 Å². The largest absolute Gasteiger partial charge is 0.351 e. The Morgan fingerprint density at radius 3 is 2.59 bits per heavy atom. The quantitative estimate of drug-likeness (QED) is 0.426. The summed E-state index contributed by atoms with van der Waals surface area (Å²) in [5.41, 5.74) is 11.3. The smallest absolute Gasteiger partial charge is 0.280 e. The van der Waals surface area contributed by atoms with Crippen LogP contribution in [0.15, 0.2) is 79.1 Å². The summed E-state index contributed by atoms with van der Waals surface area (Å²) in [6.07, 6.45) is 3.91. The highest BCUT2D eigenvalue weighted by molar-refractivity contribution is 5.92. The number of fused-ring (bicyclic) bond motifs is 3. The van der Waals surface area contributed by atoms with Gasteiger partial charge in [0.1, 0.15) is 5.69 Å². The number of pyridine rings is 2. The normalized spacial score (nSPS) is 11.2. The van der Waals surface area contributed by atoms with E-state index in [2.05, 4.69) is 27.9 Å². The molecule has 7 heteroatoms. The molecule has 3 N–H and O–H groups in total. The maximum Gasteiger partial charge on any atom is 0.280 e. The van der Waals surface area contributed by atoms with Crippen LogP contribution in [-0.4, -0.2) is 27.2 Å². The number of rotatable bonds is 5. The molecule has 0 radical (unpaired) electrons. The van der Waals surface area contributed by atoms with Crippen molar-refractivity contribution in [1.82, 2.24) is 20.1 Å². The summed E-state index contributed by atoms with van der Waals surface area (Å²) in [5.74, 6) is 0.707. The summed E-state index contributed by atoms with van der Waals surface area (Å²) in [7, 11) is 0. The second-order valence-electron chi connectivity index (χ2n) is 7.64. The lowest BCUT2D eigenvalue weighted by Gasteiger charge is -2.05. The highest BCUT2D eigenvalue weighted by Gasteiger charge is 2.21. The monoisotopic (exact) mass is 423 g/mol. The van der Waals surface area contributed by atoms with Crippen molar-refractivity contribution >= 4 is 22.5 Å². The molecular formula is C25H23N6O+. The second kappa shape index (κ2) is 8.20. The maximum atomic E-state index is 11.4. The van der Waals surface area contributed by atoms with E-state index < -0.39 is 0 Å². The van der Waals surface area contributed by atoms with E-state index >= 15 is 0 Å². The van der Waals surface area contributed by atoms with Crippen molar-refractivity contribution in [3.05, 3.63) is 90.5 Å². The van der Waals surface area contributed by atoms with E-state index in [4.69, 9.17) is 15.8 Å². The Morgan fingerprint density at radius 1 is 1.06 bits per heavy atom. The van der Waals surface area contributed by atoms with Crippen molar-refractivity contribution in [1.29, 1.82) is 0 Å². The van der Waals surface area contributed by atoms with Crippen molar-refractivity contribution in [2.24, 2.45) is 5.73 Å². The molecule has 0 atom stereocenters. The van der Waals surface area contributed by atoms with Crippen molar-refractivity contribution in [3.63, 3.8) is 0 Å². The van der Waals surface area contributed by atoms with Gasteiger partial charge in [0.05, 0.1) is 23.6 Å². The molecule has 0 saturated heterocycles. The molecule has 5 aromatic rings. The standard InChI is InChI=1S/C25H22N6O/c1-17-29-31(21-9-7-18(8-10-21)15-28-24(32)14-26)25-22-13-20(19-5-3-2-4-6-19)16-27-23(22)11-12-30(17)25/h2-13,16H,14-15,26H2,1H3/p+1. The van der Waals surface area contributed by atoms with Gasteiger partial charge in [-0.2, -0.15) is 0 Å². The highest BCUT2D eigenvalue weighted by atomic mass is 16.1. The molecule has 1 amide bonds. The van der Waals surface area contributed by atoms with E-state index in [-0.39, 0.29) is 12.5 Å². The highest BCUT2D eigenvalue weighted by Crippen LogP contribution is 2.25. The molecule has 32 heavy (non-hydrogen) atoms. The minimum atomic E-state index is -0.174. The second-order valence-corrected chi connectivity index (χ2v) is 7.64. The molecule has 0 unspecified atom stereocenters. The number of aryl methyl sites for hydroxylation is 1. The minimum Gasteiger partial charge on any atom is -0.351 e. The van der Waals surface area contributed by atoms with Gasteiger partial charge in [-0.25, -0.2) is 4.40 Å². The molecule has 0 aliphatic heterocycles. The van der Waals surface area contributed by atoms with Crippen LogP contribution in [0, 0.1) is 6.92 Å². The molecule has 0 aliphatic carbocycles. The summed E-state index contributed by atoms with van der Waals surface area (Å²) >= 11 is 0. The SMILES string of the molecule is Cc1nn(-c2ccc(CNC(=O)CN)cc2)c2c3cc(-c4ccccc4)cnc3cc[n+]12. The topological polar surface area (TPSA) is 89.9 Å². The molecule has 3 heterocycles. The molecule has 3 aromatic heterocycles. The fourth-order valence-electron chi connectivity index (χ4n) is 3.85. The van der Waals surface area contributed by atoms with Crippen molar-refractivity contribution in [3.8, 4) is 16.8 Å². The zero-order chi connectivity index (χ0) is 22.1. The number of hydrogen-bond donors (Lipinski definition) is 2. The first kappa shape index (κ1) is 19.8. The van der Waals surface area contributed by atoms with E-state index in [1.165, 1.54) is 0 Å².